The number of hydrogen-bond acceptors (Lipinski definition) is 4. The summed E-state index contributed by atoms with van der Waals surface area (Å²) in [5.41, 5.74) is -0.552. The number of rotatable bonds is 4. The van der Waals surface area contributed by atoms with Gasteiger partial charge in [0.2, 0.25) is 5.91 Å². The minimum absolute atomic E-state index is 0.189. The van der Waals surface area contributed by atoms with Gasteiger partial charge in [-0.25, -0.2) is 4.79 Å². The molecule has 4 nitrogen and oxygen atoms in total. The van der Waals surface area contributed by atoms with Crippen molar-refractivity contribution < 1.29 is 14.3 Å². The van der Waals surface area contributed by atoms with Crippen LogP contribution in [0.25, 0.3) is 0 Å². The van der Waals surface area contributed by atoms with Gasteiger partial charge in [0.05, 0.1) is 7.11 Å². The third kappa shape index (κ3) is 4.95. The lowest BCUT2D eigenvalue weighted by Crippen LogP contribution is -2.44. The molecule has 0 aliphatic heterocycles. The summed E-state index contributed by atoms with van der Waals surface area (Å²) in [6.07, 6.45) is 0. The molecule has 1 rings (SSSR count). The highest BCUT2D eigenvalue weighted by Gasteiger charge is 2.28. The third-order valence-corrected chi connectivity index (χ3v) is 3.45. The summed E-state index contributed by atoms with van der Waals surface area (Å²) in [6, 6.07) is 9.41. The molecule has 1 aromatic rings. The summed E-state index contributed by atoms with van der Waals surface area (Å²) in [5, 5.41) is 1.97. The number of benzene rings is 1. The second-order valence-corrected chi connectivity index (χ2v) is 6.24. The minimum Gasteiger partial charge on any atom is -0.467 e. The molecule has 1 atom stereocenters. The van der Waals surface area contributed by atoms with Crippen molar-refractivity contribution in [3.63, 3.8) is 0 Å². The molecule has 0 aromatic heterocycles. The summed E-state index contributed by atoms with van der Waals surface area (Å²) >= 11 is 1.26. The molecule has 0 heterocycles. The standard InChI is InChI=1S/C14H19NO3S/c1-14(2,3)13(17)15-11(12(16)18-4)19-10-8-6-5-7-9-10/h5-9,11H,1-4H3,(H,15,17). The molecule has 19 heavy (non-hydrogen) atoms. The van der Waals surface area contributed by atoms with E-state index < -0.39 is 16.8 Å². The number of thioether (sulfide) groups is 1. The fourth-order valence-corrected chi connectivity index (χ4v) is 2.16. The maximum Gasteiger partial charge on any atom is 0.339 e. The van der Waals surface area contributed by atoms with E-state index >= 15 is 0 Å². The first kappa shape index (κ1) is 15.6. The highest BCUT2D eigenvalue weighted by molar-refractivity contribution is 8.00. The number of carbonyl (C=O) groups excluding carboxylic acids is 2. The maximum atomic E-state index is 12.0. The van der Waals surface area contributed by atoms with E-state index in [1.165, 1.54) is 18.9 Å². The van der Waals surface area contributed by atoms with Crippen molar-refractivity contribution in [2.45, 2.75) is 31.0 Å². The quantitative estimate of drug-likeness (QED) is 0.523. The van der Waals surface area contributed by atoms with Gasteiger partial charge in [-0.15, -0.1) is 0 Å². The molecule has 5 heteroatoms. The molecule has 0 fully saturated rings. The van der Waals surface area contributed by atoms with E-state index in [2.05, 4.69) is 5.32 Å². The number of nitrogens with one attached hydrogen (secondary N) is 1. The van der Waals surface area contributed by atoms with Crippen LogP contribution >= 0.6 is 11.8 Å². The number of hydrogen-bond donors (Lipinski definition) is 1. The summed E-state index contributed by atoms with van der Waals surface area (Å²) in [5.74, 6) is -0.655. The average Bonchev–Trinajstić information content (AvgIpc) is 2.37. The zero-order valence-corrected chi connectivity index (χ0v) is 12.4. The van der Waals surface area contributed by atoms with E-state index in [1.54, 1.807) is 20.8 Å². The van der Waals surface area contributed by atoms with Crippen LogP contribution in [-0.2, 0) is 14.3 Å². The van der Waals surface area contributed by atoms with Gasteiger partial charge in [-0.2, -0.15) is 0 Å². The molecule has 1 amide bonds. The van der Waals surface area contributed by atoms with E-state index in [1.807, 2.05) is 30.3 Å². The molecular formula is C14H19NO3S. The molecule has 0 bridgehead atoms. The zero-order valence-electron chi connectivity index (χ0n) is 11.6. The van der Waals surface area contributed by atoms with Crippen LogP contribution in [0.1, 0.15) is 20.8 Å². The van der Waals surface area contributed by atoms with Gasteiger partial charge < -0.3 is 10.1 Å². The van der Waals surface area contributed by atoms with Crippen LogP contribution in [0.15, 0.2) is 35.2 Å². The first-order chi connectivity index (χ1) is 8.84. The Hall–Kier alpha value is -1.49. The lowest BCUT2D eigenvalue weighted by molar-refractivity contribution is -0.143. The number of esters is 1. The second-order valence-electron chi connectivity index (χ2n) is 5.06. The van der Waals surface area contributed by atoms with Crippen LogP contribution in [0, 0.1) is 5.41 Å². The molecule has 0 spiro atoms. The Labute approximate surface area is 117 Å². The topological polar surface area (TPSA) is 55.4 Å². The highest BCUT2D eigenvalue weighted by atomic mass is 32.2. The van der Waals surface area contributed by atoms with Crippen molar-refractivity contribution in [3.05, 3.63) is 30.3 Å². The van der Waals surface area contributed by atoms with Crippen LogP contribution in [0.4, 0.5) is 0 Å². The Balaban J connectivity index is 2.79. The SMILES string of the molecule is COC(=O)C(NC(=O)C(C)(C)C)Sc1ccccc1. The zero-order chi connectivity index (χ0) is 14.5. The second kappa shape index (κ2) is 6.61. The molecule has 1 aromatic carbocycles. The largest absolute Gasteiger partial charge is 0.467 e. The third-order valence-electron chi connectivity index (χ3n) is 2.36. The van der Waals surface area contributed by atoms with Crippen molar-refractivity contribution in [1.82, 2.24) is 5.32 Å². The summed E-state index contributed by atoms with van der Waals surface area (Å²) in [6.45, 7) is 5.39. The summed E-state index contributed by atoms with van der Waals surface area (Å²) in [7, 11) is 1.31. The number of carbonyl (C=O) groups is 2. The fraction of sp³-hybridized carbons (Fsp3) is 0.429. The van der Waals surface area contributed by atoms with Crippen molar-refractivity contribution in [2.75, 3.05) is 7.11 Å². The Kier molecular flexibility index (Phi) is 5.42. The normalized spacial score (nSPS) is 12.6. The van der Waals surface area contributed by atoms with E-state index in [-0.39, 0.29) is 5.91 Å². The first-order valence-electron chi connectivity index (χ1n) is 5.95. The van der Waals surface area contributed by atoms with E-state index in [0.29, 0.717) is 0 Å². The van der Waals surface area contributed by atoms with Gasteiger partial charge in [0, 0.05) is 10.3 Å². The molecule has 0 radical (unpaired) electrons. The van der Waals surface area contributed by atoms with Gasteiger partial charge in [-0.3, -0.25) is 4.79 Å². The van der Waals surface area contributed by atoms with Crippen molar-refractivity contribution in [3.8, 4) is 0 Å². The smallest absolute Gasteiger partial charge is 0.339 e. The molecule has 0 aliphatic rings. The van der Waals surface area contributed by atoms with E-state index in [4.69, 9.17) is 4.74 Å². The minimum atomic E-state index is -0.737. The predicted octanol–water partition coefficient (Wildman–Crippen LogP) is 2.44. The lowest BCUT2D eigenvalue weighted by atomic mass is 9.96. The monoisotopic (exact) mass is 281 g/mol. The van der Waals surface area contributed by atoms with Gasteiger partial charge >= 0.3 is 5.97 Å². The van der Waals surface area contributed by atoms with E-state index in [0.717, 1.165) is 4.90 Å². The Morgan fingerprint density at radius 3 is 2.26 bits per heavy atom. The van der Waals surface area contributed by atoms with Crippen LogP contribution in [0.3, 0.4) is 0 Å². The number of ether oxygens (including phenoxy) is 1. The number of amides is 1. The summed E-state index contributed by atoms with van der Waals surface area (Å²) < 4.78 is 4.72. The lowest BCUT2D eigenvalue weighted by Gasteiger charge is -2.22. The molecule has 0 saturated heterocycles. The van der Waals surface area contributed by atoms with Crippen molar-refractivity contribution in [1.29, 1.82) is 0 Å². The van der Waals surface area contributed by atoms with Gasteiger partial charge in [-0.1, -0.05) is 50.7 Å². The van der Waals surface area contributed by atoms with Crippen molar-refractivity contribution in [2.24, 2.45) is 5.41 Å². The Morgan fingerprint density at radius 2 is 1.79 bits per heavy atom. The van der Waals surface area contributed by atoms with Gasteiger partial charge in [0.15, 0.2) is 5.37 Å². The summed E-state index contributed by atoms with van der Waals surface area (Å²) in [4.78, 5) is 24.6. The van der Waals surface area contributed by atoms with Gasteiger partial charge in [0.25, 0.3) is 0 Å². The van der Waals surface area contributed by atoms with E-state index in [9.17, 15) is 9.59 Å². The maximum absolute atomic E-state index is 12.0. The van der Waals surface area contributed by atoms with Crippen LogP contribution < -0.4 is 5.32 Å². The van der Waals surface area contributed by atoms with Crippen LogP contribution in [-0.4, -0.2) is 24.4 Å². The predicted molar refractivity (Wildman–Crippen MR) is 75.7 cm³/mol. The van der Waals surface area contributed by atoms with Crippen LogP contribution in [0.2, 0.25) is 0 Å². The average molecular weight is 281 g/mol. The molecule has 104 valence electrons. The molecule has 0 aliphatic carbocycles. The Bertz CT molecular complexity index is 440. The van der Waals surface area contributed by atoms with Gasteiger partial charge in [0.1, 0.15) is 0 Å². The molecular weight excluding hydrogens is 262 g/mol. The molecule has 1 unspecified atom stereocenters. The number of methoxy groups -OCH3 is 1. The van der Waals surface area contributed by atoms with Crippen LogP contribution in [0.5, 0.6) is 0 Å². The molecule has 1 N–H and O–H groups in total. The van der Waals surface area contributed by atoms with Gasteiger partial charge in [-0.05, 0) is 12.1 Å². The molecule has 0 saturated carbocycles. The fourth-order valence-electron chi connectivity index (χ4n) is 1.21. The highest BCUT2D eigenvalue weighted by Crippen LogP contribution is 2.23. The Morgan fingerprint density at radius 1 is 1.21 bits per heavy atom. The van der Waals surface area contributed by atoms with Crippen molar-refractivity contribution >= 4 is 23.6 Å². The first-order valence-corrected chi connectivity index (χ1v) is 6.83.